The van der Waals surface area contributed by atoms with Gasteiger partial charge in [-0.05, 0) is 46.1 Å². The van der Waals surface area contributed by atoms with E-state index in [-0.39, 0.29) is 0 Å². The Kier molecular flexibility index (Phi) is 3.57. The first-order chi connectivity index (χ1) is 7.75. The van der Waals surface area contributed by atoms with E-state index in [9.17, 15) is 0 Å². The van der Waals surface area contributed by atoms with Crippen molar-refractivity contribution in [1.29, 1.82) is 0 Å². The molecule has 2 nitrogen and oxygen atoms in total. The molecule has 0 saturated carbocycles. The molecule has 3 heteroatoms. The number of hydrogen-bond acceptors (Lipinski definition) is 2. The zero-order valence-corrected chi connectivity index (χ0v) is 10.6. The highest BCUT2D eigenvalue weighted by atomic mass is 79.9. The van der Waals surface area contributed by atoms with Gasteiger partial charge in [-0.15, -0.1) is 0 Å². The van der Waals surface area contributed by atoms with Gasteiger partial charge in [0.15, 0.2) is 0 Å². The number of halogens is 1. The van der Waals surface area contributed by atoms with E-state index in [2.05, 4.69) is 40.0 Å². The number of benzene rings is 1. The SMILES string of the molecule is Cc1ccccc1COc1ccc(Br)nc1. The third-order valence-corrected chi connectivity index (χ3v) is 2.82. The molecule has 1 aromatic heterocycles. The van der Waals surface area contributed by atoms with Gasteiger partial charge in [-0.2, -0.15) is 0 Å². The van der Waals surface area contributed by atoms with Crippen molar-refractivity contribution in [2.24, 2.45) is 0 Å². The van der Waals surface area contributed by atoms with Crippen LogP contribution in [0, 0.1) is 6.92 Å². The molecule has 0 spiro atoms. The molecule has 0 fully saturated rings. The van der Waals surface area contributed by atoms with Crippen LogP contribution in [0.4, 0.5) is 0 Å². The van der Waals surface area contributed by atoms with Gasteiger partial charge in [-0.25, -0.2) is 4.98 Å². The van der Waals surface area contributed by atoms with Crippen LogP contribution in [0.15, 0.2) is 47.2 Å². The fraction of sp³-hybridized carbons (Fsp3) is 0.154. The third-order valence-electron chi connectivity index (χ3n) is 2.36. The Morgan fingerprint density at radius 1 is 1.19 bits per heavy atom. The Morgan fingerprint density at radius 3 is 2.69 bits per heavy atom. The summed E-state index contributed by atoms with van der Waals surface area (Å²) in [7, 11) is 0. The highest BCUT2D eigenvalue weighted by Gasteiger charge is 1.99. The molecule has 2 aromatic rings. The van der Waals surface area contributed by atoms with Crippen LogP contribution < -0.4 is 4.74 Å². The van der Waals surface area contributed by atoms with Crippen molar-refractivity contribution in [3.05, 3.63) is 58.3 Å². The van der Waals surface area contributed by atoms with Gasteiger partial charge in [-0.3, -0.25) is 0 Å². The lowest BCUT2D eigenvalue weighted by atomic mass is 10.1. The second kappa shape index (κ2) is 5.12. The molecule has 0 atom stereocenters. The van der Waals surface area contributed by atoms with Crippen LogP contribution >= 0.6 is 15.9 Å². The molecule has 1 heterocycles. The maximum atomic E-state index is 5.64. The molecule has 0 bridgehead atoms. The van der Waals surface area contributed by atoms with Gasteiger partial charge in [0, 0.05) is 0 Å². The Hall–Kier alpha value is -1.35. The minimum absolute atomic E-state index is 0.579. The number of nitrogens with zero attached hydrogens (tertiary/aromatic N) is 1. The van der Waals surface area contributed by atoms with Crippen LogP contribution in [-0.2, 0) is 6.61 Å². The molecule has 16 heavy (non-hydrogen) atoms. The lowest BCUT2D eigenvalue weighted by Gasteiger charge is -2.07. The molecule has 82 valence electrons. The van der Waals surface area contributed by atoms with Crippen LogP contribution in [0.1, 0.15) is 11.1 Å². The molecule has 0 radical (unpaired) electrons. The van der Waals surface area contributed by atoms with E-state index in [0.717, 1.165) is 10.4 Å². The zero-order chi connectivity index (χ0) is 11.4. The normalized spacial score (nSPS) is 10.1. The van der Waals surface area contributed by atoms with Gasteiger partial charge in [-0.1, -0.05) is 24.3 Å². The summed E-state index contributed by atoms with van der Waals surface area (Å²) in [4.78, 5) is 4.11. The first-order valence-corrected chi connectivity index (χ1v) is 5.84. The maximum absolute atomic E-state index is 5.64. The summed E-state index contributed by atoms with van der Waals surface area (Å²) in [6.07, 6.45) is 1.71. The van der Waals surface area contributed by atoms with Gasteiger partial charge in [0.2, 0.25) is 0 Å². The van der Waals surface area contributed by atoms with E-state index in [1.165, 1.54) is 11.1 Å². The second-order valence-corrected chi connectivity index (χ2v) is 4.34. The van der Waals surface area contributed by atoms with Crippen molar-refractivity contribution in [1.82, 2.24) is 4.98 Å². The molecular weight excluding hydrogens is 266 g/mol. The van der Waals surface area contributed by atoms with Crippen LogP contribution in [0.2, 0.25) is 0 Å². The summed E-state index contributed by atoms with van der Waals surface area (Å²) in [6, 6.07) is 12.0. The van der Waals surface area contributed by atoms with Crippen LogP contribution in [0.25, 0.3) is 0 Å². The average Bonchev–Trinajstić information content (AvgIpc) is 2.30. The van der Waals surface area contributed by atoms with E-state index >= 15 is 0 Å². The minimum Gasteiger partial charge on any atom is -0.487 e. The van der Waals surface area contributed by atoms with E-state index < -0.39 is 0 Å². The Balaban J connectivity index is 2.02. The molecule has 1 aromatic carbocycles. The minimum atomic E-state index is 0.579. The molecule has 0 saturated heterocycles. The number of rotatable bonds is 3. The van der Waals surface area contributed by atoms with E-state index in [1.54, 1.807) is 6.20 Å². The fourth-order valence-electron chi connectivity index (χ4n) is 1.38. The fourth-order valence-corrected chi connectivity index (χ4v) is 1.62. The molecule has 2 rings (SSSR count). The third kappa shape index (κ3) is 2.83. The van der Waals surface area contributed by atoms with Gasteiger partial charge in [0.1, 0.15) is 17.0 Å². The highest BCUT2D eigenvalue weighted by molar-refractivity contribution is 9.10. The van der Waals surface area contributed by atoms with Crippen LogP contribution in [-0.4, -0.2) is 4.98 Å². The van der Waals surface area contributed by atoms with E-state index in [4.69, 9.17) is 4.74 Å². The lowest BCUT2D eigenvalue weighted by molar-refractivity contribution is 0.304. The van der Waals surface area contributed by atoms with Crippen molar-refractivity contribution in [2.75, 3.05) is 0 Å². The molecular formula is C13H12BrNO. The van der Waals surface area contributed by atoms with Crippen molar-refractivity contribution < 1.29 is 4.74 Å². The number of pyridine rings is 1. The Bertz CT molecular complexity index is 468. The molecule has 0 amide bonds. The van der Waals surface area contributed by atoms with Gasteiger partial charge >= 0.3 is 0 Å². The van der Waals surface area contributed by atoms with E-state index in [1.807, 2.05) is 24.3 Å². The summed E-state index contributed by atoms with van der Waals surface area (Å²) in [5.41, 5.74) is 2.44. The molecule has 0 aliphatic carbocycles. The van der Waals surface area contributed by atoms with Crippen LogP contribution in [0.5, 0.6) is 5.75 Å². The average molecular weight is 278 g/mol. The highest BCUT2D eigenvalue weighted by Crippen LogP contribution is 2.15. The second-order valence-electron chi connectivity index (χ2n) is 3.53. The van der Waals surface area contributed by atoms with Crippen LogP contribution in [0.3, 0.4) is 0 Å². The van der Waals surface area contributed by atoms with Gasteiger partial charge in [0.05, 0.1) is 6.20 Å². The van der Waals surface area contributed by atoms with Crippen molar-refractivity contribution in [3.63, 3.8) is 0 Å². The largest absolute Gasteiger partial charge is 0.487 e. The Morgan fingerprint density at radius 2 is 2.00 bits per heavy atom. The lowest BCUT2D eigenvalue weighted by Crippen LogP contribution is -1.97. The first-order valence-electron chi connectivity index (χ1n) is 5.04. The molecule has 0 aliphatic heterocycles. The monoisotopic (exact) mass is 277 g/mol. The number of ether oxygens (including phenoxy) is 1. The van der Waals surface area contributed by atoms with Gasteiger partial charge in [0.25, 0.3) is 0 Å². The molecule has 0 aliphatic rings. The van der Waals surface area contributed by atoms with Gasteiger partial charge < -0.3 is 4.74 Å². The molecule has 0 unspecified atom stereocenters. The zero-order valence-electron chi connectivity index (χ0n) is 8.98. The first kappa shape index (κ1) is 11.1. The van der Waals surface area contributed by atoms with Crippen molar-refractivity contribution in [2.45, 2.75) is 13.5 Å². The summed E-state index contributed by atoms with van der Waals surface area (Å²) >= 11 is 3.29. The summed E-state index contributed by atoms with van der Waals surface area (Å²) in [5, 5.41) is 0. The predicted molar refractivity (Wildman–Crippen MR) is 67.4 cm³/mol. The Labute approximate surface area is 103 Å². The predicted octanol–water partition coefficient (Wildman–Crippen LogP) is 3.73. The van der Waals surface area contributed by atoms with Crippen molar-refractivity contribution in [3.8, 4) is 5.75 Å². The molecule has 0 N–H and O–H groups in total. The summed E-state index contributed by atoms with van der Waals surface area (Å²) < 4.78 is 6.46. The van der Waals surface area contributed by atoms with E-state index in [0.29, 0.717) is 6.61 Å². The number of aryl methyl sites for hydroxylation is 1. The topological polar surface area (TPSA) is 22.1 Å². The smallest absolute Gasteiger partial charge is 0.138 e. The van der Waals surface area contributed by atoms with Crippen molar-refractivity contribution >= 4 is 15.9 Å². The number of hydrogen-bond donors (Lipinski definition) is 0. The maximum Gasteiger partial charge on any atom is 0.138 e. The summed E-state index contributed by atoms with van der Waals surface area (Å²) in [5.74, 6) is 0.784. The summed E-state index contributed by atoms with van der Waals surface area (Å²) in [6.45, 7) is 2.66. The quantitative estimate of drug-likeness (QED) is 0.798. The number of aromatic nitrogens is 1. The standard InChI is InChI=1S/C13H12BrNO/c1-10-4-2-3-5-11(10)9-16-12-6-7-13(14)15-8-12/h2-8H,9H2,1H3.